The Morgan fingerprint density at radius 2 is 1.65 bits per heavy atom. The first-order chi connectivity index (χ1) is 9.16. The minimum Gasteiger partial charge on any atom is -0.389 e. The summed E-state index contributed by atoms with van der Waals surface area (Å²) in [6.45, 7) is -0.592. The first-order valence-corrected chi connectivity index (χ1v) is 7.23. The molecule has 2 atom stereocenters. The highest BCUT2D eigenvalue weighted by atomic mass is 32.2. The molecule has 9 nitrogen and oxygen atoms in total. The monoisotopic (exact) mass is 305 g/mol. The van der Waals surface area contributed by atoms with Crippen LogP contribution in [0.15, 0.2) is 20.7 Å². The van der Waals surface area contributed by atoms with Gasteiger partial charge in [0.1, 0.15) is 0 Å². The van der Waals surface area contributed by atoms with E-state index >= 15 is 0 Å². The Bertz CT molecular complexity index is 739. The van der Waals surface area contributed by atoms with Gasteiger partial charge in [0.2, 0.25) is 10.0 Å². The number of aliphatic hydroxyl groups excluding tert-OH is 2. The Morgan fingerprint density at radius 1 is 1.15 bits per heavy atom. The van der Waals surface area contributed by atoms with E-state index in [-0.39, 0.29) is 13.1 Å². The van der Waals surface area contributed by atoms with Crippen molar-refractivity contribution in [3.8, 4) is 0 Å². The van der Waals surface area contributed by atoms with E-state index in [2.05, 4.69) is 0 Å². The van der Waals surface area contributed by atoms with Crippen LogP contribution in [0.2, 0.25) is 0 Å². The van der Waals surface area contributed by atoms with Crippen LogP contribution >= 0.6 is 0 Å². The molecule has 1 aromatic rings. The lowest BCUT2D eigenvalue weighted by Gasteiger charge is -2.16. The molecule has 1 aliphatic heterocycles. The lowest BCUT2D eigenvalue weighted by atomic mass is 10.3. The minimum absolute atomic E-state index is 0.296. The summed E-state index contributed by atoms with van der Waals surface area (Å²) in [5.74, 6) is 0. The Hall–Kier alpha value is -1.49. The SMILES string of the molecule is Cn1cc(S(=O)(=O)N2CC(O)C(O)C2)c(=O)n(C)c1=O. The smallest absolute Gasteiger partial charge is 0.330 e. The molecule has 0 amide bonds. The predicted molar refractivity (Wildman–Crippen MR) is 67.7 cm³/mol. The zero-order valence-corrected chi connectivity index (χ0v) is 11.7. The molecule has 112 valence electrons. The standard InChI is InChI=1S/C10H15N3O6S/c1-11-5-8(9(16)12(2)10(11)17)20(18,19)13-3-6(14)7(15)4-13/h5-7,14-15H,3-4H2,1-2H3. The van der Waals surface area contributed by atoms with Crippen molar-refractivity contribution in [2.75, 3.05) is 13.1 Å². The van der Waals surface area contributed by atoms with Crippen LogP contribution < -0.4 is 11.2 Å². The van der Waals surface area contributed by atoms with Gasteiger partial charge in [-0.2, -0.15) is 4.31 Å². The fraction of sp³-hybridized carbons (Fsp3) is 0.600. The van der Waals surface area contributed by atoms with E-state index < -0.39 is 38.4 Å². The highest BCUT2D eigenvalue weighted by Gasteiger charge is 2.39. The van der Waals surface area contributed by atoms with Crippen LogP contribution in [-0.4, -0.2) is 57.4 Å². The lowest BCUT2D eigenvalue weighted by Crippen LogP contribution is -2.42. The second-order valence-electron chi connectivity index (χ2n) is 4.71. The van der Waals surface area contributed by atoms with E-state index in [4.69, 9.17) is 0 Å². The number of aromatic nitrogens is 2. The zero-order valence-electron chi connectivity index (χ0n) is 10.9. The van der Waals surface area contributed by atoms with Crippen molar-refractivity contribution in [1.29, 1.82) is 0 Å². The fourth-order valence-electron chi connectivity index (χ4n) is 2.02. The van der Waals surface area contributed by atoms with Gasteiger partial charge in [0.25, 0.3) is 5.56 Å². The number of hydrogen-bond acceptors (Lipinski definition) is 6. The summed E-state index contributed by atoms with van der Waals surface area (Å²) >= 11 is 0. The number of nitrogens with zero attached hydrogens (tertiary/aromatic N) is 3. The molecule has 1 fully saturated rings. The van der Waals surface area contributed by atoms with E-state index in [0.717, 1.165) is 15.1 Å². The molecule has 1 aliphatic rings. The maximum absolute atomic E-state index is 12.3. The topological polar surface area (TPSA) is 122 Å². The summed E-state index contributed by atoms with van der Waals surface area (Å²) in [6, 6.07) is 0. The van der Waals surface area contributed by atoms with Crippen LogP contribution in [-0.2, 0) is 24.1 Å². The molecular weight excluding hydrogens is 290 g/mol. The number of sulfonamides is 1. The average Bonchev–Trinajstić information content (AvgIpc) is 2.72. The molecular formula is C10H15N3O6S. The van der Waals surface area contributed by atoms with E-state index in [9.17, 15) is 28.2 Å². The van der Waals surface area contributed by atoms with Gasteiger partial charge in [-0.1, -0.05) is 0 Å². The Morgan fingerprint density at radius 3 is 2.15 bits per heavy atom. The largest absolute Gasteiger partial charge is 0.389 e. The van der Waals surface area contributed by atoms with Crippen LogP contribution in [0.4, 0.5) is 0 Å². The third-order valence-electron chi connectivity index (χ3n) is 3.26. The van der Waals surface area contributed by atoms with Gasteiger partial charge in [0.05, 0.1) is 12.2 Å². The summed E-state index contributed by atoms with van der Waals surface area (Å²) in [4.78, 5) is 22.9. The summed E-state index contributed by atoms with van der Waals surface area (Å²) in [5.41, 5.74) is -1.58. The van der Waals surface area contributed by atoms with Crippen molar-refractivity contribution in [2.45, 2.75) is 17.1 Å². The summed E-state index contributed by atoms with van der Waals surface area (Å²) in [5, 5.41) is 18.8. The number of aliphatic hydroxyl groups is 2. The summed E-state index contributed by atoms with van der Waals surface area (Å²) in [7, 11) is -1.67. The third-order valence-corrected chi connectivity index (χ3v) is 5.07. The molecule has 1 saturated heterocycles. The second-order valence-corrected chi connectivity index (χ2v) is 6.61. The van der Waals surface area contributed by atoms with E-state index in [1.807, 2.05) is 0 Å². The van der Waals surface area contributed by atoms with Gasteiger partial charge >= 0.3 is 5.69 Å². The molecule has 20 heavy (non-hydrogen) atoms. The van der Waals surface area contributed by atoms with E-state index in [1.54, 1.807) is 0 Å². The first-order valence-electron chi connectivity index (χ1n) is 5.79. The first kappa shape index (κ1) is 14.9. The highest BCUT2D eigenvalue weighted by molar-refractivity contribution is 7.89. The molecule has 2 N–H and O–H groups in total. The number of aryl methyl sites for hydroxylation is 1. The van der Waals surface area contributed by atoms with Crippen LogP contribution in [0.3, 0.4) is 0 Å². The van der Waals surface area contributed by atoms with Crippen LogP contribution in [0, 0.1) is 0 Å². The summed E-state index contributed by atoms with van der Waals surface area (Å²) < 4.78 is 27.2. The van der Waals surface area contributed by atoms with Gasteiger partial charge in [0, 0.05) is 33.4 Å². The molecule has 10 heteroatoms. The second kappa shape index (κ2) is 4.81. The molecule has 1 aromatic heterocycles. The number of rotatable bonds is 2. The molecule has 0 saturated carbocycles. The van der Waals surface area contributed by atoms with Gasteiger partial charge in [-0.15, -0.1) is 0 Å². The predicted octanol–water partition coefficient (Wildman–Crippen LogP) is -3.19. The maximum atomic E-state index is 12.3. The average molecular weight is 305 g/mol. The minimum atomic E-state index is -4.18. The van der Waals surface area contributed by atoms with Crippen molar-refractivity contribution < 1.29 is 18.6 Å². The molecule has 0 spiro atoms. The van der Waals surface area contributed by atoms with Gasteiger partial charge in [-0.3, -0.25) is 9.36 Å². The van der Waals surface area contributed by atoms with Crippen molar-refractivity contribution in [3.63, 3.8) is 0 Å². The maximum Gasteiger partial charge on any atom is 0.330 e. The van der Waals surface area contributed by atoms with E-state index in [0.29, 0.717) is 4.57 Å². The van der Waals surface area contributed by atoms with Crippen molar-refractivity contribution >= 4 is 10.0 Å². The molecule has 2 rings (SSSR count). The third kappa shape index (κ3) is 2.20. The zero-order chi connectivity index (χ0) is 15.2. The Kier molecular flexibility index (Phi) is 3.58. The van der Waals surface area contributed by atoms with Crippen molar-refractivity contribution in [2.24, 2.45) is 14.1 Å². The Labute approximate surface area is 114 Å². The quantitative estimate of drug-likeness (QED) is 0.594. The van der Waals surface area contributed by atoms with Crippen LogP contribution in [0.1, 0.15) is 0 Å². The van der Waals surface area contributed by atoms with Gasteiger partial charge in [0.15, 0.2) is 4.90 Å². The lowest BCUT2D eigenvalue weighted by molar-refractivity contribution is 0.0572. The highest BCUT2D eigenvalue weighted by Crippen LogP contribution is 2.18. The van der Waals surface area contributed by atoms with Crippen molar-refractivity contribution in [3.05, 3.63) is 27.0 Å². The van der Waals surface area contributed by atoms with Crippen LogP contribution in [0.5, 0.6) is 0 Å². The summed E-state index contributed by atoms with van der Waals surface area (Å²) in [6.07, 6.45) is -1.45. The van der Waals surface area contributed by atoms with Gasteiger partial charge in [-0.05, 0) is 0 Å². The molecule has 0 bridgehead atoms. The van der Waals surface area contributed by atoms with E-state index in [1.165, 1.54) is 14.1 Å². The van der Waals surface area contributed by atoms with Gasteiger partial charge in [-0.25, -0.2) is 13.2 Å². The normalized spacial score (nSPS) is 24.2. The van der Waals surface area contributed by atoms with Crippen LogP contribution in [0.25, 0.3) is 0 Å². The number of β-amino-alcohol motifs (C(OH)–C–C–N with tert-alkyl or cyclic N) is 2. The van der Waals surface area contributed by atoms with Gasteiger partial charge < -0.3 is 14.8 Å². The molecule has 0 aromatic carbocycles. The number of hydrogen-bond donors (Lipinski definition) is 2. The molecule has 2 heterocycles. The fourth-order valence-corrected chi connectivity index (χ4v) is 3.65. The Balaban J connectivity index is 2.57. The molecule has 0 radical (unpaired) electrons. The molecule has 2 unspecified atom stereocenters. The van der Waals surface area contributed by atoms with Crippen molar-refractivity contribution in [1.82, 2.24) is 13.4 Å². The molecule has 0 aliphatic carbocycles.